The summed E-state index contributed by atoms with van der Waals surface area (Å²) in [5, 5.41) is 13.1. The zero-order valence-electron chi connectivity index (χ0n) is 22.1. The number of benzene rings is 2. The lowest BCUT2D eigenvalue weighted by Crippen LogP contribution is -2.55. The Balaban J connectivity index is 1.70. The lowest BCUT2D eigenvalue weighted by molar-refractivity contribution is -0.167. The van der Waals surface area contributed by atoms with Gasteiger partial charge in [-0.3, -0.25) is 4.79 Å². The van der Waals surface area contributed by atoms with E-state index in [1.165, 1.54) is 5.56 Å². The summed E-state index contributed by atoms with van der Waals surface area (Å²) >= 11 is 6.82. The van der Waals surface area contributed by atoms with E-state index in [1.54, 1.807) is 7.11 Å². The molecule has 1 aliphatic carbocycles. The normalized spacial score (nSPS) is 23.7. The Labute approximate surface area is 226 Å². The van der Waals surface area contributed by atoms with E-state index in [-0.39, 0.29) is 17.9 Å². The van der Waals surface area contributed by atoms with Gasteiger partial charge in [0, 0.05) is 42.8 Å². The number of carbonyl (C=O) groups excluding carboxylic acids is 1. The van der Waals surface area contributed by atoms with Crippen molar-refractivity contribution < 1.29 is 19.4 Å². The highest BCUT2D eigenvalue weighted by molar-refractivity contribution is 6.33. The van der Waals surface area contributed by atoms with Crippen LogP contribution in [-0.2, 0) is 26.3 Å². The molecular formula is C30H41ClN2O4. The van der Waals surface area contributed by atoms with Crippen molar-refractivity contribution in [3.05, 3.63) is 58.6 Å². The lowest BCUT2D eigenvalue weighted by Gasteiger charge is -2.44. The lowest BCUT2D eigenvalue weighted by atomic mass is 9.78. The molecule has 4 atom stereocenters. The largest absolute Gasteiger partial charge is 0.385 e. The second kappa shape index (κ2) is 12.7. The van der Waals surface area contributed by atoms with E-state index >= 15 is 0 Å². The summed E-state index contributed by atoms with van der Waals surface area (Å²) in [5.74, 6) is 0.0898. The van der Waals surface area contributed by atoms with Crippen LogP contribution in [0.15, 0.2) is 42.5 Å². The molecule has 0 aromatic heterocycles. The fraction of sp³-hybridized carbons (Fsp3) is 0.567. The fourth-order valence-electron chi connectivity index (χ4n) is 5.87. The van der Waals surface area contributed by atoms with Gasteiger partial charge in [0.15, 0.2) is 0 Å². The molecule has 0 spiro atoms. The van der Waals surface area contributed by atoms with Crippen molar-refractivity contribution in [3.8, 4) is 11.1 Å². The van der Waals surface area contributed by atoms with Gasteiger partial charge in [0.1, 0.15) is 11.7 Å². The van der Waals surface area contributed by atoms with Gasteiger partial charge in [-0.2, -0.15) is 0 Å². The maximum Gasteiger partial charge on any atom is 0.225 e. The highest BCUT2D eigenvalue weighted by Gasteiger charge is 2.45. The molecule has 3 N–H and O–H groups in total. The third-order valence-corrected chi connectivity index (χ3v) is 8.31. The van der Waals surface area contributed by atoms with Gasteiger partial charge in [0.05, 0.1) is 13.2 Å². The molecular weight excluding hydrogens is 488 g/mol. The van der Waals surface area contributed by atoms with E-state index < -0.39 is 11.7 Å². The predicted molar refractivity (Wildman–Crippen MR) is 148 cm³/mol. The van der Waals surface area contributed by atoms with Crippen molar-refractivity contribution in [1.29, 1.82) is 0 Å². The highest BCUT2D eigenvalue weighted by atomic mass is 35.5. The number of ether oxygens (including phenoxy) is 2. The maximum absolute atomic E-state index is 13.4. The summed E-state index contributed by atoms with van der Waals surface area (Å²) in [7, 11) is 1.69. The molecule has 1 aliphatic heterocycles. The van der Waals surface area contributed by atoms with Crippen LogP contribution in [-0.4, -0.2) is 61.5 Å². The van der Waals surface area contributed by atoms with E-state index in [0.717, 1.165) is 55.2 Å². The standard InChI is InChI=1S/C30H41ClN2O4/c1-3-21-8-6-9-22(18-21)28-25(10-7-11-26(28)31)30(35,14-4-5-16-36-2)27-20-33(15-17-37-27)29(34)23-12-13-24(32)19-23/h6-11,18,23-24,27,35H,3-5,12-17,19-20,32H2,1-2H3. The number of rotatable bonds is 10. The molecule has 7 heteroatoms. The minimum atomic E-state index is -1.33. The molecule has 2 fully saturated rings. The van der Waals surface area contributed by atoms with E-state index in [1.807, 2.05) is 35.2 Å². The highest BCUT2D eigenvalue weighted by Crippen LogP contribution is 2.43. The molecule has 0 bridgehead atoms. The van der Waals surface area contributed by atoms with Gasteiger partial charge in [0.2, 0.25) is 5.91 Å². The van der Waals surface area contributed by atoms with E-state index in [9.17, 15) is 9.90 Å². The van der Waals surface area contributed by atoms with E-state index in [4.69, 9.17) is 26.8 Å². The summed E-state index contributed by atoms with van der Waals surface area (Å²) in [4.78, 5) is 15.2. The number of hydrogen-bond donors (Lipinski definition) is 2. The van der Waals surface area contributed by atoms with Crippen LogP contribution in [0.1, 0.15) is 56.6 Å². The Morgan fingerprint density at radius 3 is 2.78 bits per heavy atom. The Morgan fingerprint density at radius 2 is 2.05 bits per heavy atom. The molecule has 2 aromatic carbocycles. The van der Waals surface area contributed by atoms with Crippen LogP contribution >= 0.6 is 11.6 Å². The first-order valence-electron chi connectivity index (χ1n) is 13.6. The van der Waals surface area contributed by atoms with Crippen LogP contribution < -0.4 is 5.73 Å². The zero-order chi connectivity index (χ0) is 26.4. The minimum Gasteiger partial charge on any atom is -0.385 e. The van der Waals surface area contributed by atoms with Crippen LogP contribution in [0.3, 0.4) is 0 Å². The number of unbranched alkanes of at least 4 members (excludes halogenated alkanes) is 1. The maximum atomic E-state index is 13.4. The van der Waals surface area contributed by atoms with E-state index in [0.29, 0.717) is 37.7 Å². The number of halogens is 1. The van der Waals surface area contributed by atoms with Crippen LogP contribution in [0, 0.1) is 5.92 Å². The molecule has 37 heavy (non-hydrogen) atoms. The Bertz CT molecular complexity index is 1060. The van der Waals surface area contributed by atoms with Crippen molar-refractivity contribution in [1.82, 2.24) is 4.90 Å². The predicted octanol–water partition coefficient (Wildman–Crippen LogP) is 4.93. The van der Waals surface area contributed by atoms with Crippen molar-refractivity contribution >= 4 is 17.5 Å². The average molecular weight is 529 g/mol. The monoisotopic (exact) mass is 528 g/mol. The smallest absolute Gasteiger partial charge is 0.225 e. The van der Waals surface area contributed by atoms with Crippen molar-refractivity contribution in [3.63, 3.8) is 0 Å². The Kier molecular flexibility index (Phi) is 9.65. The van der Waals surface area contributed by atoms with Gasteiger partial charge >= 0.3 is 0 Å². The summed E-state index contributed by atoms with van der Waals surface area (Å²) in [6.45, 7) is 4.00. The van der Waals surface area contributed by atoms with Crippen LogP contribution in [0.2, 0.25) is 5.02 Å². The first-order chi connectivity index (χ1) is 17.9. The molecule has 1 saturated carbocycles. The molecule has 4 unspecified atom stereocenters. The fourth-order valence-corrected chi connectivity index (χ4v) is 6.16. The van der Waals surface area contributed by atoms with Gasteiger partial charge in [-0.15, -0.1) is 0 Å². The molecule has 6 nitrogen and oxygen atoms in total. The van der Waals surface area contributed by atoms with Crippen LogP contribution in [0.4, 0.5) is 0 Å². The van der Waals surface area contributed by atoms with Crippen molar-refractivity contribution in [2.45, 2.75) is 69.6 Å². The first-order valence-corrected chi connectivity index (χ1v) is 14.0. The summed E-state index contributed by atoms with van der Waals surface area (Å²) in [6, 6.07) is 14.1. The first kappa shape index (κ1) is 28.1. The van der Waals surface area contributed by atoms with Crippen molar-refractivity contribution in [2.75, 3.05) is 33.4 Å². The number of aryl methyl sites for hydroxylation is 1. The van der Waals surface area contributed by atoms with Gasteiger partial charge in [0.25, 0.3) is 0 Å². The van der Waals surface area contributed by atoms with Crippen LogP contribution in [0.25, 0.3) is 11.1 Å². The summed E-state index contributed by atoms with van der Waals surface area (Å²) < 4.78 is 11.5. The van der Waals surface area contributed by atoms with E-state index in [2.05, 4.69) is 19.1 Å². The summed E-state index contributed by atoms with van der Waals surface area (Å²) in [6.07, 6.45) is 4.81. The third kappa shape index (κ3) is 6.37. The number of carbonyl (C=O) groups is 1. The summed E-state index contributed by atoms with van der Waals surface area (Å²) in [5.41, 5.74) is 8.50. The molecule has 2 aromatic rings. The number of hydrogen-bond acceptors (Lipinski definition) is 5. The number of morpholine rings is 1. The number of methoxy groups -OCH3 is 1. The molecule has 4 rings (SSSR count). The average Bonchev–Trinajstić information content (AvgIpc) is 3.36. The number of nitrogens with zero attached hydrogens (tertiary/aromatic N) is 1. The molecule has 1 heterocycles. The second-order valence-corrected chi connectivity index (χ2v) is 10.9. The van der Waals surface area contributed by atoms with Gasteiger partial charge in [-0.1, -0.05) is 54.9 Å². The Morgan fingerprint density at radius 1 is 1.24 bits per heavy atom. The molecule has 202 valence electrons. The second-order valence-electron chi connectivity index (χ2n) is 10.5. The number of nitrogens with two attached hydrogens (primary N) is 1. The number of aliphatic hydroxyl groups is 1. The molecule has 2 aliphatic rings. The number of amides is 1. The topological polar surface area (TPSA) is 85.0 Å². The van der Waals surface area contributed by atoms with Crippen molar-refractivity contribution in [2.24, 2.45) is 11.7 Å². The molecule has 1 saturated heterocycles. The SMILES string of the molecule is CCc1cccc(-c2c(Cl)cccc2C(O)(CCCCOC)C2CN(C(=O)C3CCC(N)C3)CCO2)c1. The Hall–Kier alpha value is -1.96. The van der Waals surface area contributed by atoms with Gasteiger partial charge in [-0.05, 0) is 67.7 Å². The quantitative estimate of drug-likeness (QED) is 0.427. The minimum absolute atomic E-state index is 0.0398. The van der Waals surface area contributed by atoms with Crippen LogP contribution in [0.5, 0.6) is 0 Å². The van der Waals surface area contributed by atoms with Gasteiger partial charge < -0.3 is 25.2 Å². The molecule has 0 radical (unpaired) electrons. The molecule has 1 amide bonds. The zero-order valence-corrected chi connectivity index (χ0v) is 22.9. The van der Waals surface area contributed by atoms with Gasteiger partial charge in [-0.25, -0.2) is 0 Å². The third-order valence-electron chi connectivity index (χ3n) is 7.99.